The van der Waals surface area contributed by atoms with Crippen LogP contribution >= 0.6 is 0 Å². The molecule has 3 heterocycles. The largest absolute Gasteiger partial charge is 0.354 e. The van der Waals surface area contributed by atoms with Gasteiger partial charge in [0.2, 0.25) is 5.91 Å². The molecule has 0 atom stereocenters. The molecule has 0 unspecified atom stereocenters. The molecule has 130 valence electrons. The Hall–Kier alpha value is -3.55. The van der Waals surface area contributed by atoms with Gasteiger partial charge in [0.1, 0.15) is 12.4 Å². The number of carbonyl (C=O) groups is 1. The predicted octanol–water partition coefficient (Wildman–Crippen LogP) is 1.58. The van der Waals surface area contributed by atoms with Crippen molar-refractivity contribution >= 4 is 16.9 Å². The number of rotatable bonds is 6. The first-order valence-corrected chi connectivity index (χ1v) is 8.28. The zero-order valence-electron chi connectivity index (χ0n) is 14.0. The number of nitrogens with zero attached hydrogens (tertiary/aromatic N) is 5. The molecule has 0 saturated carbocycles. The van der Waals surface area contributed by atoms with Crippen LogP contribution < -0.4 is 5.32 Å². The van der Waals surface area contributed by atoms with E-state index in [0.29, 0.717) is 18.8 Å². The van der Waals surface area contributed by atoms with Crippen LogP contribution in [0.3, 0.4) is 0 Å². The van der Waals surface area contributed by atoms with Gasteiger partial charge in [-0.1, -0.05) is 12.1 Å². The average Bonchev–Trinajstić information content (AvgIpc) is 3.30. The van der Waals surface area contributed by atoms with E-state index in [-0.39, 0.29) is 12.5 Å². The van der Waals surface area contributed by atoms with Crippen molar-refractivity contribution in [3.63, 3.8) is 0 Å². The standard InChI is InChI=1S/C18H17N7O/c26-17(11-25-12-21-14-3-1-2-4-15(14)25)20-10-7-16-22-18(24-23-16)13-5-8-19-9-6-13/h1-6,8-9,12H,7,10-11H2,(H,20,26)(H,22,23,24). The van der Waals surface area contributed by atoms with E-state index in [1.165, 1.54) is 0 Å². The summed E-state index contributed by atoms with van der Waals surface area (Å²) in [5.41, 5.74) is 2.73. The smallest absolute Gasteiger partial charge is 0.240 e. The number of hydrogen-bond acceptors (Lipinski definition) is 5. The maximum atomic E-state index is 12.2. The molecule has 8 heteroatoms. The van der Waals surface area contributed by atoms with Crippen LogP contribution in [0, 0.1) is 0 Å². The van der Waals surface area contributed by atoms with E-state index in [4.69, 9.17) is 0 Å². The summed E-state index contributed by atoms with van der Waals surface area (Å²) in [4.78, 5) is 24.9. The molecule has 1 aromatic carbocycles. The predicted molar refractivity (Wildman–Crippen MR) is 96.1 cm³/mol. The molecule has 0 fully saturated rings. The van der Waals surface area contributed by atoms with Gasteiger partial charge in [-0.25, -0.2) is 9.97 Å². The van der Waals surface area contributed by atoms with Crippen LogP contribution in [0.15, 0.2) is 55.1 Å². The monoisotopic (exact) mass is 347 g/mol. The summed E-state index contributed by atoms with van der Waals surface area (Å²) in [6.07, 6.45) is 5.66. The van der Waals surface area contributed by atoms with Crippen molar-refractivity contribution in [2.24, 2.45) is 0 Å². The van der Waals surface area contributed by atoms with Crippen molar-refractivity contribution in [3.05, 3.63) is 60.9 Å². The number of hydrogen-bond donors (Lipinski definition) is 2. The second kappa shape index (κ2) is 7.14. The molecule has 3 aromatic heterocycles. The lowest BCUT2D eigenvalue weighted by molar-refractivity contribution is -0.121. The highest BCUT2D eigenvalue weighted by Gasteiger charge is 2.08. The Kier molecular flexibility index (Phi) is 4.38. The second-order valence-electron chi connectivity index (χ2n) is 5.80. The first kappa shape index (κ1) is 15.9. The first-order valence-electron chi connectivity index (χ1n) is 8.28. The van der Waals surface area contributed by atoms with Crippen molar-refractivity contribution in [1.29, 1.82) is 0 Å². The van der Waals surface area contributed by atoms with Gasteiger partial charge in [-0.05, 0) is 24.3 Å². The van der Waals surface area contributed by atoms with Crippen molar-refractivity contribution in [1.82, 2.24) is 35.0 Å². The fourth-order valence-electron chi connectivity index (χ4n) is 2.70. The topological polar surface area (TPSA) is 101 Å². The number of aromatic nitrogens is 6. The van der Waals surface area contributed by atoms with Crippen LogP contribution in [0.25, 0.3) is 22.4 Å². The van der Waals surface area contributed by atoms with Crippen LogP contribution in [0.4, 0.5) is 0 Å². The van der Waals surface area contributed by atoms with Gasteiger partial charge in [0.15, 0.2) is 5.82 Å². The van der Waals surface area contributed by atoms with Crippen LogP contribution in [0.1, 0.15) is 5.82 Å². The normalized spacial score (nSPS) is 10.9. The van der Waals surface area contributed by atoms with Crippen molar-refractivity contribution in [2.45, 2.75) is 13.0 Å². The molecule has 1 amide bonds. The fourth-order valence-corrected chi connectivity index (χ4v) is 2.70. The lowest BCUT2D eigenvalue weighted by Crippen LogP contribution is -2.29. The molecule has 0 aliphatic heterocycles. The molecule has 26 heavy (non-hydrogen) atoms. The molecule has 4 rings (SSSR count). The maximum absolute atomic E-state index is 12.2. The van der Waals surface area contributed by atoms with E-state index < -0.39 is 0 Å². The van der Waals surface area contributed by atoms with E-state index in [0.717, 1.165) is 22.4 Å². The van der Waals surface area contributed by atoms with E-state index in [1.54, 1.807) is 18.7 Å². The molecule has 0 spiro atoms. The third-order valence-corrected chi connectivity index (χ3v) is 4.00. The Morgan fingerprint density at radius 3 is 2.88 bits per heavy atom. The molecule has 0 aliphatic rings. The van der Waals surface area contributed by atoms with E-state index in [2.05, 4.69) is 30.5 Å². The number of para-hydroxylation sites is 2. The van der Waals surface area contributed by atoms with Crippen molar-refractivity contribution < 1.29 is 4.79 Å². The Morgan fingerprint density at radius 1 is 1.15 bits per heavy atom. The van der Waals surface area contributed by atoms with Gasteiger partial charge >= 0.3 is 0 Å². The zero-order chi connectivity index (χ0) is 17.8. The zero-order valence-corrected chi connectivity index (χ0v) is 14.0. The van der Waals surface area contributed by atoms with Crippen LogP contribution in [-0.2, 0) is 17.8 Å². The van der Waals surface area contributed by atoms with Crippen LogP contribution in [0.2, 0.25) is 0 Å². The fraction of sp³-hybridized carbons (Fsp3) is 0.167. The summed E-state index contributed by atoms with van der Waals surface area (Å²) in [5.74, 6) is 1.28. The summed E-state index contributed by atoms with van der Waals surface area (Å²) in [7, 11) is 0. The van der Waals surface area contributed by atoms with Gasteiger partial charge in [-0.15, -0.1) is 0 Å². The second-order valence-corrected chi connectivity index (χ2v) is 5.80. The molecule has 0 saturated heterocycles. The number of amides is 1. The molecule has 4 aromatic rings. The lowest BCUT2D eigenvalue weighted by atomic mass is 10.2. The Labute approximate surface area is 149 Å². The first-order chi connectivity index (χ1) is 12.8. The van der Waals surface area contributed by atoms with Gasteiger partial charge in [-0.2, -0.15) is 5.10 Å². The number of aromatic amines is 1. The van der Waals surface area contributed by atoms with Gasteiger partial charge < -0.3 is 9.88 Å². The quantitative estimate of drug-likeness (QED) is 0.551. The Morgan fingerprint density at radius 2 is 2.00 bits per heavy atom. The number of nitrogens with one attached hydrogen (secondary N) is 2. The summed E-state index contributed by atoms with van der Waals surface area (Å²) in [5, 5.41) is 9.99. The molecule has 0 bridgehead atoms. The number of pyridine rings is 1. The summed E-state index contributed by atoms with van der Waals surface area (Å²) in [6.45, 7) is 0.718. The molecule has 2 N–H and O–H groups in total. The Balaban J connectivity index is 1.31. The third-order valence-electron chi connectivity index (χ3n) is 4.00. The molecule has 0 radical (unpaired) electrons. The maximum Gasteiger partial charge on any atom is 0.240 e. The number of imidazole rings is 1. The van der Waals surface area contributed by atoms with Gasteiger partial charge in [0.05, 0.1) is 17.4 Å². The van der Waals surface area contributed by atoms with Crippen molar-refractivity contribution in [2.75, 3.05) is 6.54 Å². The Bertz CT molecular complexity index is 1020. The summed E-state index contributed by atoms with van der Waals surface area (Å²) < 4.78 is 1.83. The highest BCUT2D eigenvalue weighted by atomic mass is 16.1. The number of fused-ring (bicyclic) bond motifs is 1. The van der Waals surface area contributed by atoms with Crippen LogP contribution in [-0.4, -0.2) is 42.2 Å². The minimum atomic E-state index is -0.0676. The minimum absolute atomic E-state index is 0.0676. The van der Waals surface area contributed by atoms with E-state index in [1.807, 2.05) is 41.0 Å². The number of benzene rings is 1. The number of H-pyrrole nitrogens is 1. The van der Waals surface area contributed by atoms with Gasteiger partial charge in [0, 0.05) is 30.9 Å². The van der Waals surface area contributed by atoms with E-state index in [9.17, 15) is 4.79 Å². The molecule has 8 nitrogen and oxygen atoms in total. The number of carbonyl (C=O) groups excluding carboxylic acids is 1. The van der Waals surface area contributed by atoms with Crippen LogP contribution in [0.5, 0.6) is 0 Å². The highest BCUT2D eigenvalue weighted by molar-refractivity contribution is 5.80. The van der Waals surface area contributed by atoms with Crippen molar-refractivity contribution in [3.8, 4) is 11.4 Å². The highest BCUT2D eigenvalue weighted by Crippen LogP contribution is 2.13. The lowest BCUT2D eigenvalue weighted by Gasteiger charge is -2.05. The summed E-state index contributed by atoms with van der Waals surface area (Å²) in [6, 6.07) is 11.4. The summed E-state index contributed by atoms with van der Waals surface area (Å²) >= 11 is 0. The molecular weight excluding hydrogens is 330 g/mol. The molecule has 0 aliphatic carbocycles. The molecular formula is C18H17N7O. The third kappa shape index (κ3) is 3.44. The van der Waals surface area contributed by atoms with Gasteiger partial charge in [-0.3, -0.25) is 14.9 Å². The SMILES string of the molecule is O=C(Cn1cnc2ccccc21)NCCc1nc(-c2ccncc2)n[nH]1. The van der Waals surface area contributed by atoms with Gasteiger partial charge in [0.25, 0.3) is 0 Å². The minimum Gasteiger partial charge on any atom is -0.354 e. The average molecular weight is 347 g/mol. The van der Waals surface area contributed by atoms with E-state index >= 15 is 0 Å².